The van der Waals surface area contributed by atoms with Gasteiger partial charge in [0.15, 0.2) is 5.11 Å². The minimum absolute atomic E-state index is 0.128. The molecule has 0 atom stereocenters. The van der Waals surface area contributed by atoms with Crippen LogP contribution in [0, 0.1) is 0 Å². The van der Waals surface area contributed by atoms with E-state index in [1.54, 1.807) is 18.2 Å². The van der Waals surface area contributed by atoms with Gasteiger partial charge in [0, 0.05) is 11.0 Å². The number of methoxy groups -OCH3 is 1. The van der Waals surface area contributed by atoms with Crippen molar-refractivity contribution >= 4 is 51.6 Å². The van der Waals surface area contributed by atoms with Gasteiger partial charge < -0.3 is 14.5 Å². The summed E-state index contributed by atoms with van der Waals surface area (Å²) in [5, 5.41) is 6.27. The van der Waals surface area contributed by atoms with Crippen LogP contribution in [0.15, 0.2) is 28.9 Å². The van der Waals surface area contributed by atoms with Crippen molar-refractivity contribution in [3.8, 4) is 0 Å². The van der Waals surface area contributed by atoms with Gasteiger partial charge in [-0.15, -0.1) is 11.3 Å². The highest BCUT2D eigenvalue weighted by Crippen LogP contribution is 2.38. The van der Waals surface area contributed by atoms with E-state index in [-0.39, 0.29) is 11.0 Å². The SMILES string of the molecule is COC(=O)c1c(NC(=S)NC(=O)/C=C/c2ccco2)sc2c1CCCC2. The van der Waals surface area contributed by atoms with Crippen LogP contribution in [0.5, 0.6) is 0 Å². The van der Waals surface area contributed by atoms with E-state index >= 15 is 0 Å². The number of hydrogen-bond donors (Lipinski definition) is 2. The van der Waals surface area contributed by atoms with Gasteiger partial charge >= 0.3 is 5.97 Å². The summed E-state index contributed by atoms with van der Waals surface area (Å²) in [7, 11) is 1.36. The standard InChI is InChI=1S/C18H18N2O4S2/c1-23-17(22)15-12-6-2-3-7-13(12)26-16(15)20-18(25)19-14(21)9-8-11-5-4-10-24-11/h4-5,8-10H,2-3,6-7H2,1H3,(H2,19,20,21,25)/b9-8+. The number of hydrogen-bond acceptors (Lipinski definition) is 6. The van der Waals surface area contributed by atoms with E-state index in [1.165, 1.54) is 35.7 Å². The molecule has 0 fully saturated rings. The van der Waals surface area contributed by atoms with E-state index in [2.05, 4.69) is 10.6 Å². The number of furan rings is 1. The first-order chi connectivity index (χ1) is 12.6. The molecule has 0 radical (unpaired) electrons. The second-order valence-corrected chi connectivity index (χ2v) is 7.21. The molecular formula is C18H18N2O4S2. The molecule has 2 N–H and O–H groups in total. The second-order valence-electron chi connectivity index (χ2n) is 5.70. The fourth-order valence-corrected chi connectivity index (χ4v) is 4.35. The van der Waals surface area contributed by atoms with Gasteiger partial charge in [0.05, 0.1) is 18.9 Å². The molecule has 0 unspecified atom stereocenters. The number of ether oxygens (including phenoxy) is 1. The number of carbonyl (C=O) groups excluding carboxylic acids is 2. The fourth-order valence-electron chi connectivity index (χ4n) is 2.80. The van der Waals surface area contributed by atoms with E-state index in [0.29, 0.717) is 16.3 Å². The molecule has 136 valence electrons. The van der Waals surface area contributed by atoms with Gasteiger partial charge in [-0.25, -0.2) is 4.79 Å². The zero-order valence-corrected chi connectivity index (χ0v) is 15.8. The molecule has 2 aromatic rings. The number of esters is 1. The third-order valence-electron chi connectivity index (χ3n) is 3.97. The van der Waals surface area contributed by atoms with Gasteiger partial charge in [-0.2, -0.15) is 0 Å². The first-order valence-electron chi connectivity index (χ1n) is 8.15. The molecule has 0 aromatic carbocycles. The van der Waals surface area contributed by atoms with E-state index in [9.17, 15) is 9.59 Å². The predicted molar refractivity (Wildman–Crippen MR) is 104 cm³/mol. The third-order valence-corrected chi connectivity index (χ3v) is 5.38. The lowest BCUT2D eigenvalue weighted by Gasteiger charge is -2.12. The topological polar surface area (TPSA) is 80.6 Å². The Morgan fingerprint density at radius 2 is 2.15 bits per heavy atom. The van der Waals surface area contributed by atoms with E-state index in [4.69, 9.17) is 21.4 Å². The number of thiophene rings is 1. The maximum absolute atomic E-state index is 12.2. The lowest BCUT2D eigenvalue weighted by atomic mass is 9.95. The molecule has 0 spiro atoms. The first kappa shape index (κ1) is 18.3. The van der Waals surface area contributed by atoms with Crippen molar-refractivity contribution in [2.75, 3.05) is 12.4 Å². The smallest absolute Gasteiger partial charge is 0.341 e. The highest BCUT2D eigenvalue weighted by atomic mass is 32.1. The molecule has 8 heteroatoms. The molecule has 2 heterocycles. The number of amides is 1. The summed E-state index contributed by atoms with van der Waals surface area (Å²) < 4.78 is 10.0. The Morgan fingerprint density at radius 3 is 2.88 bits per heavy atom. The van der Waals surface area contributed by atoms with Crippen LogP contribution in [-0.2, 0) is 22.4 Å². The Labute approximate surface area is 160 Å². The number of nitrogens with one attached hydrogen (secondary N) is 2. The van der Waals surface area contributed by atoms with Crippen molar-refractivity contribution in [3.05, 3.63) is 46.2 Å². The number of thiocarbonyl (C=S) groups is 1. The normalized spacial score (nSPS) is 13.3. The average molecular weight is 390 g/mol. The lowest BCUT2D eigenvalue weighted by molar-refractivity contribution is -0.115. The molecule has 0 bridgehead atoms. The summed E-state index contributed by atoms with van der Waals surface area (Å²) in [4.78, 5) is 25.3. The second kappa shape index (κ2) is 8.29. The van der Waals surface area contributed by atoms with Crippen molar-refractivity contribution in [2.24, 2.45) is 0 Å². The van der Waals surface area contributed by atoms with Crippen molar-refractivity contribution < 1.29 is 18.7 Å². The van der Waals surface area contributed by atoms with Crippen molar-refractivity contribution in [1.82, 2.24) is 5.32 Å². The Hall–Kier alpha value is -2.45. The number of fused-ring (bicyclic) bond motifs is 1. The highest BCUT2D eigenvalue weighted by Gasteiger charge is 2.26. The van der Waals surface area contributed by atoms with Crippen LogP contribution >= 0.6 is 23.6 Å². The van der Waals surface area contributed by atoms with E-state index in [1.807, 2.05) is 0 Å². The van der Waals surface area contributed by atoms with Crippen LogP contribution in [0.3, 0.4) is 0 Å². The first-order valence-corrected chi connectivity index (χ1v) is 9.37. The monoisotopic (exact) mass is 390 g/mol. The Balaban J connectivity index is 1.70. The number of rotatable bonds is 4. The Kier molecular flexibility index (Phi) is 5.85. The molecule has 0 aliphatic heterocycles. The van der Waals surface area contributed by atoms with Gasteiger partial charge in [-0.05, 0) is 61.7 Å². The maximum Gasteiger partial charge on any atom is 0.341 e. The zero-order valence-electron chi connectivity index (χ0n) is 14.2. The summed E-state index contributed by atoms with van der Waals surface area (Å²) in [5.74, 6) is -0.212. The molecule has 26 heavy (non-hydrogen) atoms. The number of anilines is 1. The van der Waals surface area contributed by atoms with Gasteiger partial charge in [0.1, 0.15) is 10.8 Å². The molecule has 0 saturated heterocycles. The van der Waals surface area contributed by atoms with Crippen LogP contribution in [0.4, 0.5) is 5.00 Å². The molecule has 1 amide bonds. The van der Waals surface area contributed by atoms with Crippen molar-refractivity contribution in [3.63, 3.8) is 0 Å². The molecule has 3 rings (SSSR count). The summed E-state index contributed by atoms with van der Waals surface area (Å²) in [6, 6.07) is 3.47. The lowest BCUT2D eigenvalue weighted by Crippen LogP contribution is -2.33. The van der Waals surface area contributed by atoms with Crippen LogP contribution < -0.4 is 10.6 Å². The van der Waals surface area contributed by atoms with E-state index < -0.39 is 5.97 Å². The summed E-state index contributed by atoms with van der Waals surface area (Å²) >= 11 is 6.69. The summed E-state index contributed by atoms with van der Waals surface area (Å²) in [6.45, 7) is 0. The van der Waals surface area contributed by atoms with E-state index in [0.717, 1.165) is 31.2 Å². The minimum atomic E-state index is -0.390. The van der Waals surface area contributed by atoms with Crippen molar-refractivity contribution in [1.29, 1.82) is 0 Å². The molecule has 6 nitrogen and oxygen atoms in total. The Bertz CT molecular complexity index is 853. The highest BCUT2D eigenvalue weighted by molar-refractivity contribution is 7.80. The molecule has 1 aliphatic rings. The van der Waals surface area contributed by atoms with Gasteiger partial charge in [-0.3, -0.25) is 10.1 Å². The number of carbonyl (C=O) groups is 2. The number of aryl methyl sites for hydroxylation is 1. The predicted octanol–water partition coefficient (Wildman–Crippen LogP) is 3.53. The molecular weight excluding hydrogens is 372 g/mol. The largest absolute Gasteiger partial charge is 0.465 e. The van der Waals surface area contributed by atoms with Crippen molar-refractivity contribution in [2.45, 2.75) is 25.7 Å². The maximum atomic E-state index is 12.2. The molecule has 1 aliphatic carbocycles. The van der Waals surface area contributed by atoms with Crippen LogP contribution in [0.1, 0.15) is 39.4 Å². The molecule has 2 aromatic heterocycles. The minimum Gasteiger partial charge on any atom is -0.465 e. The fraction of sp³-hybridized carbons (Fsp3) is 0.278. The van der Waals surface area contributed by atoms with Gasteiger partial charge in [0.25, 0.3) is 0 Å². The van der Waals surface area contributed by atoms with Crippen LogP contribution in [0.2, 0.25) is 0 Å². The zero-order chi connectivity index (χ0) is 18.5. The van der Waals surface area contributed by atoms with Crippen LogP contribution in [0.25, 0.3) is 6.08 Å². The quantitative estimate of drug-likeness (QED) is 0.472. The van der Waals surface area contributed by atoms with Crippen LogP contribution in [-0.4, -0.2) is 24.1 Å². The average Bonchev–Trinajstić information content (AvgIpc) is 3.26. The third kappa shape index (κ3) is 4.20. The summed E-state index contributed by atoms with van der Waals surface area (Å²) in [5.41, 5.74) is 1.55. The molecule has 0 saturated carbocycles. The Morgan fingerprint density at radius 1 is 1.35 bits per heavy atom. The van der Waals surface area contributed by atoms with Gasteiger partial charge in [0.2, 0.25) is 5.91 Å². The summed E-state index contributed by atoms with van der Waals surface area (Å²) in [6.07, 6.45) is 8.34. The van der Waals surface area contributed by atoms with Gasteiger partial charge in [-0.1, -0.05) is 0 Å².